The van der Waals surface area contributed by atoms with Crippen LogP contribution in [0.2, 0.25) is 0 Å². The number of benzene rings is 1. The molecule has 90 valence electrons. The lowest BCUT2D eigenvalue weighted by Gasteiger charge is -2.07. The Morgan fingerprint density at radius 3 is 2.71 bits per heavy atom. The molecule has 0 bridgehead atoms. The van der Waals surface area contributed by atoms with Gasteiger partial charge in [0.25, 0.3) is 0 Å². The Hall–Kier alpha value is -1.55. The number of aromatic nitrogens is 1. The maximum atomic E-state index is 11.6. The summed E-state index contributed by atoms with van der Waals surface area (Å²) in [4.78, 5) is 23.1. The molecule has 0 aliphatic heterocycles. The third-order valence-electron chi connectivity index (χ3n) is 2.58. The van der Waals surface area contributed by atoms with Crippen LogP contribution in [0.1, 0.15) is 12.8 Å². The number of rotatable bonds is 4. The van der Waals surface area contributed by atoms with Crippen LogP contribution in [0.3, 0.4) is 0 Å². The van der Waals surface area contributed by atoms with Crippen molar-refractivity contribution in [1.29, 1.82) is 0 Å². The number of nitrogens with zero attached hydrogens (tertiary/aromatic N) is 1. The van der Waals surface area contributed by atoms with Gasteiger partial charge in [-0.2, -0.15) is 0 Å². The normalized spacial score (nSPS) is 10.9. The van der Waals surface area contributed by atoms with Crippen molar-refractivity contribution in [1.82, 2.24) is 4.57 Å². The van der Waals surface area contributed by atoms with Crippen molar-refractivity contribution in [2.45, 2.75) is 19.4 Å². The Labute approximate surface area is 102 Å². The Kier molecular flexibility index (Phi) is 3.64. The fourth-order valence-corrected chi connectivity index (χ4v) is 1.93. The van der Waals surface area contributed by atoms with Crippen LogP contribution in [-0.4, -0.2) is 10.4 Å². The van der Waals surface area contributed by atoms with E-state index in [4.69, 9.17) is 11.6 Å². The fraction of sp³-hybridized carbons (Fsp3) is 0.333. The number of unbranched alkanes of at least 4 members (excludes halogenated alkanes) is 1. The van der Waals surface area contributed by atoms with Crippen LogP contribution < -0.4 is 11.4 Å². The van der Waals surface area contributed by atoms with Crippen LogP contribution in [0, 0.1) is 0 Å². The van der Waals surface area contributed by atoms with Crippen LogP contribution in [0.15, 0.2) is 38.3 Å². The molecule has 0 radical (unpaired) electrons. The van der Waals surface area contributed by atoms with Crippen LogP contribution in [0.4, 0.5) is 0 Å². The van der Waals surface area contributed by atoms with E-state index in [0.29, 0.717) is 23.3 Å². The molecular formula is C12H12ClNO3. The molecule has 0 fully saturated rings. The Morgan fingerprint density at radius 1 is 1.18 bits per heavy atom. The minimum atomic E-state index is -0.608. The predicted molar refractivity (Wildman–Crippen MR) is 66.7 cm³/mol. The van der Waals surface area contributed by atoms with Gasteiger partial charge in [0, 0.05) is 12.4 Å². The number of halogens is 1. The van der Waals surface area contributed by atoms with Gasteiger partial charge in [0.05, 0.1) is 10.9 Å². The summed E-state index contributed by atoms with van der Waals surface area (Å²) >= 11 is 5.59. The lowest BCUT2D eigenvalue weighted by atomic mass is 10.2. The first-order chi connectivity index (χ1) is 8.24. The van der Waals surface area contributed by atoms with Gasteiger partial charge in [-0.15, -0.1) is 11.6 Å². The predicted octanol–water partition coefficient (Wildman–Crippen LogP) is 1.97. The Bertz CT molecular complexity index is 629. The molecule has 4 nitrogen and oxygen atoms in total. The Balaban J connectivity index is 2.54. The zero-order chi connectivity index (χ0) is 12.3. The third-order valence-corrected chi connectivity index (χ3v) is 2.85. The summed E-state index contributed by atoms with van der Waals surface area (Å²) in [6.45, 7) is 0.510. The summed E-state index contributed by atoms with van der Waals surface area (Å²) in [6.07, 6.45) is 1.60. The van der Waals surface area contributed by atoms with Gasteiger partial charge in [-0.1, -0.05) is 12.1 Å². The number of hydrogen-bond donors (Lipinski definition) is 0. The second kappa shape index (κ2) is 5.19. The van der Waals surface area contributed by atoms with E-state index in [1.165, 1.54) is 4.57 Å². The lowest BCUT2D eigenvalue weighted by molar-refractivity contribution is 0.412. The largest absolute Gasteiger partial charge is 0.422 e. The van der Waals surface area contributed by atoms with Gasteiger partial charge < -0.3 is 4.42 Å². The van der Waals surface area contributed by atoms with E-state index in [-0.39, 0.29) is 0 Å². The monoisotopic (exact) mass is 253 g/mol. The highest BCUT2D eigenvalue weighted by atomic mass is 35.5. The first kappa shape index (κ1) is 11.9. The minimum absolute atomic E-state index is 0.429. The lowest BCUT2D eigenvalue weighted by Crippen LogP contribution is -2.25. The number of fused-ring (bicyclic) bond motifs is 1. The molecule has 0 aliphatic rings. The molecule has 0 amide bonds. The standard InChI is InChI=1S/C12H12ClNO3/c13-7-3-4-8-14-10-6-2-1-5-9(10)11(15)17-12(14)16/h1-2,5-6H,3-4,7-8H2. The van der Waals surface area contributed by atoms with Crippen LogP contribution in [0.5, 0.6) is 0 Å². The van der Waals surface area contributed by atoms with Crippen LogP contribution >= 0.6 is 11.6 Å². The van der Waals surface area contributed by atoms with E-state index in [1.807, 2.05) is 0 Å². The second-order valence-corrected chi connectivity index (χ2v) is 4.10. The van der Waals surface area contributed by atoms with Crippen molar-refractivity contribution in [3.8, 4) is 0 Å². The van der Waals surface area contributed by atoms with Crippen molar-refractivity contribution >= 4 is 22.5 Å². The van der Waals surface area contributed by atoms with Gasteiger partial charge >= 0.3 is 11.4 Å². The smallest absolute Gasteiger partial charge is 0.372 e. The molecule has 17 heavy (non-hydrogen) atoms. The van der Waals surface area contributed by atoms with Gasteiger partial charge in [-0.3, -0.25) is 4.57 Å². The van der Waals surface area contributed by atoms with Crippen molar-refractivity contribution in [2.24, 2.45) is 0 Å². The van der Waals surface area contributed by atoms with E-state index in [9.17, 15) is 9.59 Å². The second-order valence-electron chi connectivity index (χ2n) is 3.72. The quantitative estimate of drug-likeness (QED) is 0.618. The SMILES string of the molecule is O=c1oc(=O)n(CCCCCl)c2ccccc12. The summed E-state index contributed by atoms with van der Waals surface area (Å²) in [7, 11) is 0. The van der Waals surface area contributed by atoms with Gasteiger partial charge in [-0.05, 0) is 25.0 Å². The van der Waals surface area contributed by atoms with Gasteiger partial charge in [0.15, 0.2) is 0 Å². The average Bonchev–Trinajstić information content (AvgIpc) is 2.33. The van der Waals surface area contributed by atoms with Crippen LogP contribution in [-0.2, 0) is 6.54 Å². The highest BCUT2D eigenvalue weighted by Gasteiger charge is 2.07. The summed E-state index contributed by atoms with van der Waals surface area (Å²) in [5.41, 5.74) is 0.0301. The number of aryl methyl sites for hydroxylation is 1. The summed E-state index contributed by atoms with van der Waals surface area (Å²) in [5, 5.41) is 0.429. The topological polar surface area (TPSA) is 52.2 Å². The van der Waals surface area contributed by atoms with E-state index in [0.717, 1.165) is 12.8 Å². The number of alkyl halides is 1. The fourth-order valence-electron chi connectivity index (χ4n) is 1.75. The van der Waals surface area contributed by atoms with Crippen molar-refractivity contribution < 1.29 is 4.42 Å². The molecular weight excluding hydrogens is 242 g/mol. The molecule has 1 aromatic carbocycles. The molecule has 0 spiro atoms. The van der Waals surface area contributed by atoms with E-state index < -0.39 is 11.4 Å². The summed E-state index contributed by atoms with van der Waals surface area (Å²) < 4.78 is 6.15. The summed E-state index contributed by atoms with van der Waals surface area (Å²) in [6, 6.07) is 6.93. The van der Waals surface area contributed by atoms with Crippen molar-refractivity contribution in [3.63, 3.8) is 0 Å². The van der Waals surface area contributed by atoms with Gasteiger partial charge in [-0.25, -0.2) is 9.59 Å². The molecule has 0 atom stereocenters. The zero-order valence-corrected chi connectivity index (χ0v) is 9.94. The van der Waals surface area contributed by atoms with Crippen molar-refractivity contribution in [2.75, 3.05) is 5.88 Å². The summed E-state index contributed by atoms with van der Waals surface area (Å²) in [5.74, 6) is -0.0491. The first-order valence-electron chi connectivity index (χ1n) is 5.42. The minimum Gasteiger partial charge on any atom is -0.372 e. The van der Waals surface area contributed by atoms with Crippen molar-refractivity contribution in [3.05, 3.63) is 45.2 Å². The molecule has 1 aromatic heterocycles. The van der Waals surface area contributed by atoms with Crippen LogP contribution in [0.25, 0.3) is 10.9 Å². The Morgan fingerprint density at radius 2 is 1.94 bits per heavy atom. The van der Waals surface area contributed by atoms with E-state index >= 15 is 0 Å². The maximum absolute atomic E-state index is 11.6. The molecule has 0 aliphatic carbocycles. The molecule has 0 unspecified atom stereocenters. The first-order valence-corrected chi connectivity index (χ1v) is 5.96. The molecule has 0 saturated heterocycles. The molecule has 0 saturated carbocycles. The molecule has 2 aromatic rings. The van der Waals surface area contributed by atoms with Gasteiger partial charge in [0.2, 0.25) is 0 Å². The highest BCUT2D eigenvalue weighted by Crippen LogP contribution is 2.08. The number of hydrogen-bond acceptors (Lipinski definition) is 3. The molecule has 5 heteroatoms. The zero-order valence-electron chi connectivity index (χ0n) is 9.19. The third kappa shape index (κ3) is 2.42. The number of para-hydroxylation sites is 1. The van der Waals surface area contributed by atoms with E-state index in [1.54, 1.807) is 24.3 Å². The highest BCUT2D eigenvalue weighted by molar-refractivity contribution is 6.17. The molecule has 1 heterocycles. The molecule has 0 N–H and O–H groups in total. The average molecular weight is 254 g/mol. The van der Waals surface area contributed by atoms with E-state index in [2.05, 4.69) is 4.42 Å². The van der Waals surface area contributed by atoms with Gasteiger partial charge in [0.1, 0.15) is 0 Å². The maximum Gasteiger partial charge on any atom is 0.422 e. The molecule has 2 rings (SSSR count).